The van der Waals surface area contributed by atoms with Crippen molar-refractivity contribution in [3.05, 3.63) is 64.7 Å². The van der Waals surface area contributed by atoms with Crippen molar-refractivity contribution < 1.29 is 23.9 Å². The maximum Gasteiger partial charge on any atom is 0.256 e. The number of likely N-dealkylation sites (tertiary alicyclic amines) is 1. The lowest BCUT2D eigenvalue weighted by atomic mass is 9.96. The second kappa shape index (κ2) is 10.9. The molecular weight excluding hydrogens is 482 g/mol. The molecule has 0 aromatic heterocycles. The first-order valence-electron chi connectivity index (χ1n) is 12.2. The van der Waals surface area contributed by atoms with Crippen LogP contribution in [0.3, 0.4) is 0 Å². The molecule has 2 aromatic carbocycles. The predicted molar refractivity (Wildman–Crippen MR) is 136 cm³/mol. The summed E-state index contributed by atoms with van der Waals surface area (Å²) in [4.78, 5) is 43.3. The Hall–Kier alpha value is -3.10. The minimum atomic E-state index is -0.978. The number of halogens is 1. The Kier molecular flexibility index (Phi) is 7.85. The Morgan fingerprint density at radius 1 is 1.08 bits per heavy atom. The number of carbonyl (C=O) groups excluding carboxylic acids is 3. The molecule has 8 nitrogen and oxygen atoms in total. The van der Waals surface area contributed by atoms with Crippen LogP contribution in [-0.2, 0) is 9.53 Å². The number of nitrogens with one attached hydrogen (secondary N) is 1. The highest BCUT2D eigenvalue weighted by molar-refractivity contribution is 6.33. The van der Waals surface area contributed by atoms with Crippen molar-refractivity contribution in [2.45, 2.75) is 38.5 Å². The lowest BCUT2D eigenvalue weighted by Crippen LogP contribution is -2.60. The van der Waals surface area contributed by atoms with Gasteiger partial charge in [0.1, 0.15) is 17.5 Å². The van der Waals surface area contributed by atoms with Crippen molar-refractivity contribution >= 4 is 29.3 Å². The molecule has 0 saturated carbocycles. The van der Waals surface area contributed by atoms with Gasteiger partial charge in [-0.3, -0.25) is 19.3 Å². The third-order valence-electron chi connectivity index (χ3n) is 6.74. The van der Waals surface area contributed by atoms with E-state index in [0.29, 0.717) is 54.4 Å². The summed E-state index contributed by atoms with van der Waals surface area (Å²) in [6.07, 6.45) is 0.776. The van der Waals surface area contributed by atoms with Gasteiger partial charge in [0, 0.05) is 38.0 Å². The van der Waals surface area contributed by atoms with Gasteiger partial charge in [-0.2, -0.15) is 0 Å². The number of hydrogen-bond donors (Lipinski definition) is 1. The average molecular weight is 514 g/mol. The van der Waals surface area contributed by atoms with Gasteiger partial charge in [0.2, 0.25) is 5.91 Å². The van der Waals surface area contributed by atoms with Crippen molar-refractivity contribution in [1.82, 2.24) is 15.1 Å². The molecule has 0 bridgehead atoms. The summed E-state index contributed by atoms with van der Waals surface area (Å²) < 4.78 is 11.5. The predicted octanol–water partition coefficient (Wildman–Crippen LogP) is 3.59. The molecule has 2 aromatic rings. The summed E-state index contributed by atoms with van der Waals surface area (Å²) in [6, 6.07) is 13.0. The van der Waals surface area contributed by atoms with Gasteiger partial charge in [-0.05, 0) is 42.3 Å². The molecule has 9 heteroatoms. The number of nitrogens with zero attached hydrogens (tertiary/aromatic N) is 2. The lowest BCUT2D eigenvalue weighted by Gasteiger charge is -2.44. The molecule has 0 unspecified atom stereocenters. The van der Waals surface area contributed by atoms with Crippen LogP contribution in [0.5, 0.6) is 5.75 Å². The summed E-state index contributed by atoms with van der Waals surface area (Å²) in [6.45, 7) is 5.38. The van der Waals surface area contributed by atoms with E-state index in [1.807, 2.05) is 13.8 Å². The fourth-order valence-corrected chi connectivity index (χ4v) is 4.94. The number of ether oxygens (including phenoxy) is 2. The average Bonchev–Trinajstić information content (AvgIpc) is 3.25. The number of rotatable bonds is 6. The smallest absolute Gasteiger partial charge is 0.256 e. The van der Waals surface area contributed by atoms with E-state index < -0.39 is 11.8 Å². The topological polar surface area (TPSA) is 88.2 Å². The van der Waals surface area contributed by atoms with E-state index in [2.05, 4.69) is 5.32 Å². The van der Waals surface area contributed by atoms with Crippen LogP contribution >= 0.6 is 11.6 Å². The second-order valence-electron chi connectivity index (χ2n) is 9.59. The quantitative estimate of drug-likeness (QED) is 0.637. The molecule has 0 radical (unpaired) electrons. The van der Waals surface area contributed by atoms with Crippen LogP contribution in [0.1, 0.15) is 47.4 Å². The summed E-state index contributed by atoms with van der Waals surface area (Å²) in [5.41, 5.74) is -0.0924. The number of piperidine rings is 1. The van der Waals surface area contributed by atoms with Crippen molar-refractivity contribution in [2.24, 2.45) is 5.92 Å². The molecule has 1 atom stereocenters. The van der Waals surface area contributed by atoms with Crippen molar-refractivity contribution in [3.63, 3.8) is 0 Å². The molecular formula is C27H32ClN3O5. The minimum Gasteiger partial charge on any atom is -0.497 e. The molecule has 192 valence electrons. The third-order valence-corrected chi connectivity index (χ3v) is 7.07. The second-order valence-corrected chi connectivity index (χ2v) is 9.99. The zero-order valence-corrected chi connectivity index (χ0v) is 21.6. The van der Waals surface area contributed by atoms with Crippen molar-refractivity contribution in [2.75, 3.05) is 33.4 Å². The van der Waals surface area contributed by atoms with Crippen LogP contribution in [0.25, 0.3) is 0 Å². The van der Waals surface area contributed by atoms with Crippen LogP contribution in [0, 0.1) is 5.92 Å². The SMILES string of the molecule is COc1ccc(C(=O)N2[C@@H](C(=O)NCC(C)C)COC23CCN(C(=O)c2ccccc2Cl)CC3)cc1. The number of carbonyl (C=O) groups is 3. The van der Waals surface area contributed by atoms with Crippen LogP contribution in [0.2, 0.25) is 5.02 Å². The van der Waals surface area contributed by atoms with Crippen LogP contribution in [0.15, 0.2) is 48.5 Å². The van der Waals surface area contributed by atoms with Gasteiger partial charge in [-0.1, -0.05) is 37.6 Å². The normalized spacial score (nSPS) is 19.0. The van der Waals surface area contributed by atoms with Gasteiger partial charge in [0.05, 0.1) is 24.3 Å². The molecule has 2 saturated heterocycles. The van der Waals surface area contributed by atoms with Crippen molar-refractivity contribution in [3.8, 4) is 5.75 Å². The van der Waals surface area contributed by atoms with E-state index in [0.717, 1.165) is 0 Å². The fourth-order valence-electron chi connectivity index (χ4n) is 4.73. The first-order chi connectivity index (χ1) is 17.3. The number of amides is 3. The summed E-state index contributed by atoms with van der Waals surface area (Å²) >= 11 is 6.24. The molecule has 2 fully saturated rings. The minimum absolute atomic E-state index is 0.101. The first-order valence-corrected chi connectivity index (χ1v) is 12.6. The van der Waals surface area contributed by atoms with E-state index in [4.69, 9.17) is 21.1 Å². The highest BCUT2D eigenvalue weighted by Gasteiger charge is 2.54. The summed E-state index contributed by atoms with van der Waals surface area (Å²) in [5, 5.41) is 3.34. The summed E-state index contributed by atoms with van der Waals surface area (Å²) in [5.74, 6) is 0.224. The van der Waals surface area contributed by atoms with Crippen LogP contribution in [-0.4, -0.2) is 72.6 Å². The lowest BCUT2D eigenvalue weighted by molar-refractivity contribution is -0.128. The Bertz CT molecular complexity index is 1110. The number of benzene rings is 2. The van der Waals surface area contributed by atoms with E-state index in [1.54, 1.807) is 65.4 Å². The van der Waals surface area contributed by atoms with E-state index >= 15 is 0 Å². The van der Waals surface area contributed by atoms with Crippen LogP contribution < -0.4 is 10.1 Å². The van der Waals surface area contributed by atoms with E-state index in [-0.39, 0.29) is 30.2 Å². The highest BCUT2D eigenvalue weighted by atomic mass is 35.5. The zero-order valence-electron chi connectivity index (χ0n) is 20.8. The first kappa shape index (κ1) is 26.0. The standard InChI is InChI=1S/C27H32ClN3O5/c1-18(2)16-29-24(32)23-17-36-27(31(23)25(33)19-8-10-20(35-3)11-9-19)12-14-30(15-13-27)26(34)21-6-4-5-7-22(21)28/h4-11,18,23H,12-17H2,1-3H3,(H,29,32)/t23-/m1/s1. The van der Waals surface area contributed by atoms with Crippen molar-refractivity contribution in [1.29, 1.82) is 0 Å². The van der Waals surface area contributed by atoms with Gasteiger partial charge in [0.25, 0.3) is 11.8 Å². The third kappa shape index (κ3) is 5.20. The zero-order chi connectivity index (χ0) is 25.9. The molecule has 1 N–H and O–H groups in total. The van der Waals surface area contributed by atoms with Gasteiger partial charge >= 0.3 is 0 Å². The maximum atomic E-state index is 13.8. The Labute approximate surface area is 216 Å². The van der Waals surface area contributed by atoms with Gasteiger partial charge in [-0.25, -0.2) is 0 Å². The molecule has 3 amide bonds. The molecule has 2 aliphatic heterocycles. The van der Waals surface area contributed by atoms with Crippen LogP contribution in [0.4, 0.5) is 0 Å². The fraction of sp³-hybridized carbons (Fsp3) is 0.444. The summed E-state index contributed by atoms with van der Waals surface area (Å²) in [7, 11) is 1.56. The Morgan fingerprint density at radius 3 is 2.36 bits per heavy atom. The van der Waals surface area contributed by atoms with E-state index in [1.165, 1.54) is 0 Å². The largest absolute Gasteiger partial charge is 0.497 e. The molecule has 2 heterocycles. The van der Waals surface area contributed by atoms with Gasteiger partial charge < -0.3 is 19.7 Å². The monoisotopic (exact) mass is 513 g/mol. The Morgan fingerprint density at radius 2 is 1.75 bits per heavy atom. The maximum absolute atomic E-state index is 13.8. The molecule has 1 spiro atoms. The number of hydrogen-bond acceptors (Lipinski definition) is 5. The van der Waals surface area contributed by atoms with Gasteiger partial charge in [-0.15, -0.1) is 0 Å². The number of methoxy groups -OCH3 is 1. The van der Waals surface area contributed by atoms with Gasteiger partial charge in [0.15, 0.2) is 0 Å². The highest BCUT2D eigenvalue weighted by Crippen LogP contribution is 2.39. The molecule has 0 aliphatic carbocycles. The molecule has 4 rings (SSSR count). The Balaban J connectivity index is 1.57. The molecule has 2 aliphatic rings. The van der Waals surface area contributed by atoms with E-state index in [9.17, 15) is 14.4 Å². The molecule has 36 heavy (non-hydrogen) atoms.